The zero-order valence-corrected chi connectivity index (χ0v) is 14.9. The van der Waals surface area contributed by atoms with E-state index in [0.29, 0.717) is 13.2 Å². The van der Waals surface area contributed by atoms with Gasteiger partial charge in [-0.3, -0.25) is 0 Å². The van der Waals surface area contributed by atoms with Crippen molar-refractivity contribution >= 4 is 35.7 Å². The Bertz CT molecular complexity index is 510. The Morgan fingerprint density at radius 2 is 1.75 bits per heavy atom. The normalized spacial score (nSPS) is 12.6. The third-order valence-electron chi connectivity index (χ3n) is 3.57. The molecule has 0 N–H and O–H groups in total. The molecule has 0 radical (unpaired) electrons. The van der Waals surface area contributed by atoms with Crippen LogP contribution in [0.25, 0.3) is 0 Å². The summed E-state index contributed by atoms with van der Waals surface area (Å²) in [6, 6.07) is 7.85. The summed E-state index contributed by atoms with van der Waals surface area (Å²) in [6.07, 6.45) is 1.44. The summed E-state index contributed by atoms with van der Waals surface area (Å²) in [5.41, 5.74) is 0.652. The van der Waals surface area contributed by atoms with E-state index in [9.17, 15) is 8.42 Å². The molecule has 0 bridgehead atoms. The molecule has 0 amide bonds. The topological polar surface area (TPSA) is 43.4 Å². The van der Waals surface area contributed by atoms with Crippen LogP contribution in [-0.2, 0) is 20.4 Å². The first-order chi connectivity index (χ1) is 9.30. The predicted molar refractivity (Wildman–Crippen MR) is 86.5 cm³/mol. The lowest BCUT2D eigenvalue weighted by Crippen LogP contribution is -2.32. The van der Waals surface area contributed by atoms with Gasteiger partial charge in [-0.05, 0) is 30.5 Å². The van der Waals surface area contributed by atoms with Crippen molar-refractivity contribution in [3.8, 4) is 0 Å². The van der Waals surface area contributed by atoms with Crippen molar-refractivity contribution in [2.45, 2.75) is 33.3 Å². The Hall–Kier alpha value is -0.100. The lowest BCUT2D eigenvalue weighted by atomic mass is 9.85. The number of halogens is 2. The first-order valence-electron chi connectivity index (χ1n) is 6.55. The van der Waals surface area contributed by atoms with Crippen LogP contribution in [0.1, 0.15) is 32.3 Å². The van der Waals surface area contributed by atoms with Crippen LogP contribution in [0.3, 0.4) is 0 Å². The van der Waals surface area contributed by atoms with Gasteiger partial charge in [0.25, 0.3) is 0 Å². The fourth-order valence-electron chi connectivity index (χ4n) is 2.03. The number of rotatable bonds is 8. The number of hydrogen-bond donors (Lipinski definition) is 0. The zero-order chi connectivity index (χ0) is 15.2. The summed E-state index contributed by atoms with van der Waals surface area (Å²) in [7, 11) is 1.88. The van der Waals surface area contributed by atoms with Crippen molar-refractivity contribution in [2.24, 2.45) is 5.41 Å². The maximum absolute atomic E-state index is 11.3. The van der Waals surface area contributed by atoms with Crippen LogP contribution in [0.2, 0.25) is 0 Å². The van der Waals surface area contributed by atoms with Crippen molar-refractivity contribution in [3.63, 3.8) is 0 Å². The second-order valence-corrected chi connectivity index (χ2v) is 8.70. The van der Waals surface area contributed by atoms with Gasteiger partial charge in [0.2, 0.25) is 9.05 Å². The number of ether oxygens (including phenoxy) is 1. The van der Waals surface area contributed by atoms with Gasteiger partial charge in [-0.15, -0.1) is 0 Å². The van der Waals surface area contributed by atoms with Gasteiger partial charge in [-0.2, -0.15) is 0 Å². The van der Waals surface area contributed by atoms with Crippen LogP contribution in [0.15, 0.2) is 28.7 Å². The highest BCUT2D eigenvalue weighted by atomic mass is 79.9. The molecule has 0 heterocycles. The van der Waals surface area contributed by atoms with Gasteiger partial charge in [0.05, 0.1) is 19.0 Å². The molecule has 0 saturated heterocycles. The summed E-state index contributed by atoms with van der Waals surface area (Å²) >= 11 is 3.38. The minimum atomic E-state index is -3.52. The van der Waals surface area contributed by atoms with Crippen LogP contribution in [0.4, 0.5) is 0 Å². The van der Waals surface area contributed by atoms with E-state index in [0.717, 1.165) is 22.9 Å². The first kappa shape index (κ1) is 18.0. The minimum absolute atomic E-state index is 0.0467. The molecule has 1 aromatic rings. The average molecular weight is 384 g/mol. The number of hydrogen-bond acceptors (Lipinski definition) is 3. The molecule has 6 heteroatoms. The van der Waals surface area contributed by atoms with E-state index in [1.54, 1.807) is 0 Å². The molecule has 0 unspecified atom stereocenters. The molecule has 1 rings (SSSR count). The summed E-state index contributed by atoms with van der Waals surface area (Å²) in [4.78, 5) is 0. The molecular weight excluding hydrogens is 364 g/mol. The van der Waals surface area contributed by atoms with E-state index in [4.69, 9.17) is 15.4 Å². The summed E-state index contributed by atoms with van der Waals surface area (Å²) in [5.74, 6) is -0.0467. The van der Waals surface area contributed by atoms with Gasteiger partial charge < -0.3 is 4.74 Å². The van der Waals surface area contributed by atoms with Gasteiger partial charge in [-0.1, -0.05) is 41.9 Å². The highest BCUT2D eigenvalue weighted by Gasteiger charge is 2.31. The predicted octanol–water partition coefficient (Wildman–Crippen LogP) is 4.34. The van der Waals surface area contributed by atoms with Gasteiger partial charge in [0.1, 0.15) is 0 Å². The fraction of sp³-hybridized carbons (Fsp3) is 0.571. The largest absolute Gasteiger partial charge is 0.376 e. The van der Waals surface area contributed by atoms with E-state index >= 15 is 0 Å². The summed E-state index contributed by atoms with van der Waals surface area (Å²) < 4.78 is 29.4. The van der Waals surface area contributed by atoms with E-state index < -0.39 is 14.5 Å². The van der Waals surface area contributed by atoms with E-state index in [-0.39, 0.29) is 5.75 Å². The van der Waals surface area contributed by atoms with Crippen LogP contribution < -0.4 is 0 Å². The zero-order valence-electron chi connectivity index (χ0n) is 11.7. The van der Waals surface area contributed by atoms with Crippen molar-refractivity contribution in [1.82, 2.24) is 0 Å². The van der Waals surface area contributed by atoms with Crippen LogP contribution in [0.5, 0.6) is 0 Å². The van der Waals surface area contributed by atoms with Gasteiger partial charge in [0.15, 0.2) is 0 Å². The smallest absolute Gasteiger partial charge is 0.233 e. The molecule has 0 aliphatic carbocycles. The molecule has 0 aliphatic heterocycles. The highest BCUT2D eigenvalue weighted by Crippen LogP contribution is 2.30. The molecule has 1 aromatic carbocycles. The van der Waals surface area contributed by atoms with Gasteiger partial charge in [-0.25, -0.2) is 8.42 Å². The minimum Gasteiger partial charge on any atom is -0.376 e. The lowest BCUT2D eigenvalue weighted by molar-refractivity contribution is 0.0399. The molecule has 0 fully saturated rings. The maximum atomic E-state index is 11.3. The van der Waals surface area contributed by atoms with Crippen molar-refractivity contribution < 1.29 is 13.2 Å². The van der Waals surface area contributed by atoms with Crippen LogP contribution in [0, 0.1) is 5.41 Å². The van der Waals surface area contributed by atoms with E-state index in [2.05, 4.69) is 15.9 Å². The number of benzene rings is 1. The second kappa shape index (κ2) is 7.78. The van der Waals surface area contributed by atoms with Crippen LogP contribution in [-0.4, -0.2) is 20.8 Å². The first-order valence-corrected chi connectivity index (χ1v) is 9.82. The Morgan fingerprint density at radius 3 is 2.20 bits per heavy atom. The molecule has 3 nitrogen and oxygen atoms in total. The van der Waals surface area contributed by atoms with Crippen molar-refractivity contribution in [3.05, 3.63) is 34.3 Å². The third kappa shape index (κ3) is 6.12. The second-order valence-electron chi connectivity index (χ2n) is 5.01. The molecule has 0 saturated carbocycles. The van der Waals surface area contributed by atoms with Crippen molar-refractivity contribution in [2.75, 3.05) is 12.4 Å². The summed E-state index contributed by atoms with van der Waals surface area (Å²) in [6.45, 7) is 4.79. The van der Waals surface area contributed by atoms with Crippen LogP contribution >= 0.6 is 26.6 Å². The van der Waals surface area contributed by atoms with Crippen molar-refractivity contribution in [1.29, 1.82) is 0 Å². The summed E-state index contributed by atoms with van der Waals surface area (Å²) in [5, 5.41) is 0. The molecule has 0 spiro atoms. The van der Waals surface area contributed by atoms with E-state index in [1.165, 1.54) is 0 Å². The molecule has 0 aromatic heterocycles. The Labute approximate surface area is 134 Å². The molecule has 114 valence electrons. The molecule has 0 aliphatic rings. The van der Waals surface area contributed by atoms with Gasteiger partial charge >= 0.3 is 0 Å². The average Bonchev–Trinajstić information content (AvgIpc) is 2.38. The molecular formula is C14H20BrClO3S. The Balaban J connectivity index is 2.61. The third-order valence-corrected chi connectivity index (χ3v) is 5.38. The Morgan fingerprint density at radius 1 is 1.20 bits per heavy atom. The van der Waals surface area contributed by atoms with E-state index in [1.807, 2.05) is 38.1 Å². The monoisotopic (exact) mass is 382 g/mol. The standard InChI is InChI=1S/C14H20BrClO3S/c1-3-14(4-2,11-20(16,17)18)10-19-9-12-5-7-13(15)8-6-12/h5-8H,3-4,9-11H2,1-2H3. The maximum Gasteiger partial charge on any atom is 0.233 e. The van der Waals surface area contributed by atoms with Gasteiger partial charge in [0, 0.05) is 20.6 Å². The molecule has 20 heavy (non-hydrogen) atoms. The fourth-order valence-corrected chi connectivity index (χ4v) is 4.21. The quantitative estimate of drug-likeness (QED) is 0.627. The highest BCUT2D eigenvalue weighted by molar-refractivity contribution is 9.10. The molecule has 0 atom stereocenters. The Kier molecular flexibility index (Phi) is 6.98. The lowest BCUT2D eigenvalue weighted by Gasteiger charge is -2.30. The SMILES string of the molecule is CCC(CC)(COCc1ccc(Br)cc1)CS(=O)(=O)Cl.